The lowest BCUT2D eigenvalue weighted by Crippen LogP contribution is -2.51. The zero-order valence-electron chi connectivity index (χ0n) is 9.31. The second kappa shape index (κ2) is 4.22. The van der Waals surface area contributed by atoms with Crippen molar-refractivity contribution >= 4 is 5.97 Å². The van der Waals surface area contributed by atoms with Gasteiger partial charge in [0.05, 0.1) is 0 Å². The van der Waals surface area contributed by atoms with Crippen molar-refractivity contribution in [1.82, 2.24) is 10.3 Å². The number of carbonyl (C=O) groups is 1. The van der Waals surface area contributed by atoms with Gasteiger partial charge in [-0.05, 0) is 43.4 Å². The van der Waals surface area contributed by atoms with Gasteiger partial charge in [0.1, 0.15) is 5.54 Å². The highest BCUT2D eigenvalue weighted by Crippen LogP contribution is 2.39. The molecule has 1 aliphatic rings. The summed E-state index contributed by atoms with van der Waals surface area (Å²) >= 11 is 0. The van der Waals surface area contributed by atoms with Crippen molar-refractivity contribution in [2.45, 2.75) is 31.8 Å². The van der Waals surface area contributed by atoms with Crippen LogP contribution in [0.3, 0.4) is 0 Å². The van der Waals surface area contributed by atoms with Crippen molar-refractivity contribution in [3.63, 3.8) is 0 Å². The van der Waals surface area contributed by atoms with Crippen LogP contribution in [0.1, 0.15) is 25.3 Å². The molecule has 1 aromatic heterocycles. The van der Waals surface area contributed by atoms with Gasteiger partial charge in [0.15, 0.2) is 0 Å². The molecule has 0 aliphatic heterocycles. The van der Waals surface area contributed by atoms with Crippen LogP contribution in [0.4, 0.5) is 0 Å². The molecule has 1 aliphatic carbocycles. The molecule has 0 bridgehead atoms. The van der Waals surface area contributed by atoms with Gasteiger partial charge in [-0.3, -0.25) is 15.1 Å². The Balaban J connectivity index is 2.00. The Morgan fingerprint density at radius 1 is 1.56 bits per heavy atom. The van der Waals surface area contributed by atoms with Crippen molar-refractivity contribution in [2.75, 3.05) is 0 Å². The second-order valence-electron chi connectivity index (χ2n) is 4.49. The lowest BCUT2D eigenvalue weighted by Gasteiger charge is -2.26. The fourth-order valence-electron chi connectivity index (χ4n) is 1.84. The summed E-state index contributed by atoms with van der Waals surface area (Å²) in [6.07, 6.45) is 5.44. The van der Waals surface area contributed by atoms with Crippen LogP contribution >= 0.6 is 0 Å². The summed E-state index contributed by atoms with van der Waals surface area (Å²) in [6, 6.07) is 3.78. The van der Waals surface area contributed by atoms with Crippen molar-refractivity contribution in [3.05, 3.63) is 30.1 Å². The zero-order valence-corrected chi connectivity index (χ0v) is 9.31. The van der Waals surface area contributed by atoms with Gasteiger partial charge in [0.2, 0.25) is 0 Å². The number of carboxylic acids is 1. The van der Waals surface area contributed by atoms with Crippen molar-refractivity contribution in [2.24, 2.45) is 5.92 Å². The number of rotatable bonds is 5. The summed E-state index contributed by atoms with van der Waals surface area (Å²) in [7, 11) is 0. The van der Waals surface area contributed by atoms with E-state index in [1.165, 1.54) is 0 Å². The average Bonchev–Trinajstić information content (AvgIpc) is 3.11. The SMILES string of the molecule is CC(NCc1ccncc1)(C(=O)O)C1CC1. The van der Waals surface area contributed by atoms with Gasteiger partial charge in [-0.1, -0.05) is 0 Å². The van der Waals surface area contributed by atoms with E-state index in [2.05, 4.69) is 10.3 Å². The third-order valence-corrected chi connectivity index (χ3v) is 3.25. The standard InChI is InChI=1S/C12H16N2O2/c1-12(11(15)16,10-2-3-10)14-8-9-4-6-13-7-5-9/h4-7,10,14H,2-3,8H2,1H3,(H,15,16). The molecule has 0 amide bonds. The molecular weight excluding hydrogens is 204 g/mol. The van der Waals surface area contributed by atoms with Crippen molar-refractivity contribution < 1.29 is 9.90 Å². The molecule has 0 saturated heterocycles. The Hall–Kier alpha value is -1.42. The van der Waals surface area contributed by atoms with Crippen LogP contribution in [0.15, 0.2) is 24.5 Å². The molecular formula is C12H16N2O2. The first kappa shape index (κ1) is 11.1. The number of aromatic nitrogens is 1. The molecule has 0 aromatic carbocycles. The van der Waals surface area contributed by atoms with E-state index in [0.717, 1.165) is 18.4 Å². The van der Waals surface area contributed by atoms with Gasteiger partial charge in [-0.2, -0.15) is 0 Å². The minimum absolute atomic E-state index is 0.270. The van der Waals surface area contributed by atoms with Crippen LogP contribution in [0.2, 0.25) is 0 Å². The molecule has 1 fully saturated rings. The van der Waals surface area contributed by atoms with Gasteiger partial charge >= 0.3 is 5.97 Å². The summed E-state index contributed by atoms with van der Waals surface area (Å²) in [5, 5.41) is 12.4. The van der Waals surface area contributed by atoms with E-state index in [4.69, 9.17) is 0 Å². The van der Waals surface area contributed by atoms with Crippen molar-refractivity contribution in [1.29, 1.82) is 0 Å². The van der Waals surface area contributed by atoms with Crippen LogP contribution in [0, 0.1) is 5.92 Å². The molecule has 0 spiro atoms. The quantitative estimate of drug-likeness (QED) is 0.788. The first-order chi connectivity index (χ1) is 7.63. The number of nitrogens with one attached hydrogen (secondary N) is 1. The van der Waals surface area contributed by atoms with E-state index in [1.807, 2.05) is 12.1 Å². The molecule has 0 radical (unpaired) electrons. The molecule has 4 nitrogen and oxygen atoms in total. The van der Waals surface area contributed by atoms with E-state index in [1.54, 1.807) is 19.3 Å². The van der Waals surface area contributed by atoms with Crippen LogP contribution in [-0.4, -0.2) is 21.6 Å². The second-order valence-corrected chi connectivity index (χ2v) is 4.49. The Morgan fingerprint density at radius 2 is 2.19 bits per heavy atom. The number of nitrogens with zero attached hydrogens (tertiary/aromatic N) is 1. The van der Waals surface area contributed by atoms with Crippen LogP contribution in [-0.2, 0) is 11.3 Å². The summed E-state index contributed by atoms with van der Waals surface area (Å²) in [4.78, 5) is 15.2. The van der Waals surface area contributed by atoms with Crippen LogP contribution in [0.25, 0.3) is 0 Å². The topological polar surface area (TPSA) is 62.2 Å². The highest BCUT2D eigenvalue weighted by Gasteiger charge is 2.46. The lowest BCUT2D eigenvalue weighted by molar-refractivity contribution is -0.145. The molecule has 2 N–H and O–H groups in total. The monoisotopic (exact) mass is 220 g/mol. The molecule has 4 heteroatoms. The number of hydrogen-bond acceptors (Lipinski definition) is 3. The lowest BCUT2D eigenvalue weighted by atomic mass is 9.95. The number of aliphatic carboxylic acids is 1. The predicted octanol–water partition coefficient (Wildman–Crippen LogP) is 1.42. The van der Waals surface area contributed by atoms with Gasteiger partial charge in [0, 0.05) is 18.9 Å². The van der Waals surface area contributed by atoms with Crippen molar-refractivity contribution in [3.8, 4) is 0 Å². The number of carboxylic acid groups (broad SMARTS) is 1. The number of pyridine rings is 1. The highest BCUT2D eigenvalue weighted by atomic mass is 16.4. The van der Waals surface area contributed by atoms with Gasteiger partial charge in [0.25, 0.3) is 0 Å². The van der Waals surface area contributed by atoms with E-state index in [0.29, 0.717) is 6.54 Å². The Morgan fingerprint density at radius 3 is 2.69 bits per heavy atom. The molecule has 86 valence electrons. The first-order valence-corrected chi connectivity index (χ1v) is 5.50. The number of hydrogen-bond donors (Lipinski definition) is 2. The molecule has 1 unspecified atom stereocenters. The molecule has 1 heterocycles. The molecule has 1 atom stereocenters. The Kier molecular flexibility index (Phi) is 2.92. The molecule has 16 heavy (non-hydrogen) atoms. The summed E-state index contributed by atoms with van der Waals surface area (Å²) in [6.45, 7) is 2.34. The van der Waals surface area contributed by atoms with Gasteiger partial charge < -0.3 is 5.11 Å². The third kappa shape index (κ3) is 2.22. The minimum Gasteiger partial charge on any atom is -0.480 e. The Labute approximate surface area is 94.7 Å². The van der Waals surface area contributed by atoms with Gasteiger partial charge in [-0.15, -0.1) is 0 Å². The maximum Gasteiger partial charge on any atom is 0.323 e. The van der Waals surface area contributed by atoms with Gasteiger partial charge in [-0.25, -0.2) is 0 Å². The van der Waals surface area contributed by atoms with E-state index >= 15 is 0 Å². The average molecular weight is 220 g/mol. The third-order valence-electron chi connectivity index (χ3n) is 3.25. The summed E-state index contributed by atoms with van der Waals surface area (Å²) in [5.41, 5.74) is 0.270. The largest absolute Gasteiger partial charge is 0.480 e. The minimum atomic E-state index is -0.788. The fourth-order valence-corrected chi connectivity index (χ4v) is 1.84. The summed E-state index contributed by atoms with van der Waals surface area (Å²) < 4.78 is 0. The molecule has 1 aromatic rings. The smallest absolute Gasteiger partial charge is 0.323 e. The summed E-state index contributed by atoms with van der Waals surface area (Å²) in [5.74, 6) is -0.490. The maximum atomic E-state index is 11.2. The zero-order chi connectivity index (χ0) is 11.6. The van der Waals surface area contributed by atoms with Crippen LogP contribution < -0.4 is 5.32 Å². The van der Waals surface area contributed by atoms with Crippen LogP contribution in [0.5, 0.6) is 0 Å². The Bertz CT molecular complexity index is 376. The first-order valence-electron chi connectivity index (χ1n) is 5.50. The maximum absolute atomic E-state index is 11.2. The highest BCUT2D eigenvalue weighted by molar-refractivity contribution is 5.79. The predicted molar refractivity (Wildman–Crippen MR) is 59.8 cm³/mol. The molecule has 2 rings (SSSR count). The van der Waals surface area contributed by atoms with E-state index in [-0.39, 0.29) is 5.92 Å². The fraction of sp³-hybridized carbons (Fsp3) is 0.500. The normalized spacial score (nSPS) is 19.1. The molecule has 1 saturated carbocycles. The van der Waals surface area contributed by atoms with E-state index in [9.17, 15) is 9.90 Å². The van der Waals surface area contributed by atoms with E-state index < -0.39 is 11.5 Å².